The smallest absolute Gasteiger partial charge is 0.307 e. The molecule has 108 valence electrons. The summed E-state index contributed by atoms with van der Waals surface area (Å²) in [5.74, 6) is 1.25. The van der Waals surface area contributed by atoms with E-state index < -0.39 is 5.97 Å². The molecule has 1 N–H and O–H groups in total. The Morgan fingerprint density at radius 1 is 1.29 bits per heavy atom. The van der Waals surface area contributed by atoms with Crippen molar-refractivity contribution in [3.63, 3.8) is 0 Å². The Hall–Kier alpha value is -2.01. The minimum absolute atomic E-state index is 0.0805. The van der Waals surface area contributed by atoms with Crippen LogP contribution in [0.15, 0.2) is 40.9 Å². The van der Waals surface area contributed by atoms with Gasteiger partial charge in [-0.05, 0) is 36.4 Å². The summed E-state index contributed by atoms with van der Waals surface area (Å²) in [4.78, 5) is 11.0. The van der Waals surface area contributed by atoms with Crippen LogP contribution in [0.3, 0.4) is 0 Å². The molecular weight excluding hydrogens is 336 g/mol. The predicted octanol–water partition coefficient (Wildman–Crippen LogP) is 3.80. The third-order valence-electron chi connectivity index (χ3n) is 3.25. The molecule has 1 aliphatic rings. The van der Waals surface area contributed by atoms with Crippen molar-refractivity contribution in [3.05, 3.63) is 52.0 Å². The van der Waals surface area contributed by atoms with Gasteiger partial charge in [-0.15, -0.1) is 0 Å². The molecule has 3 rings (SSSR count). The van der Waals surface area contributed by atoms with Crippen LogP contribution in [0, 0.1) is 0 Å². The van der Waals surface area contributed by atoms with Crippen LogP contribution in [-0.2, 0) is 17.6 Å². The van der Waals surface area contributed by atoms with E-state index in [1.165, 1.54) is 0 Å². The number of ether oxygens (including phenoxy) is 2. The van der Waals surface area contributed by atoms with Crippen LogP contribution in [0.2, 0.25) is 0 Å². The molecule has 21 heavy (non-hydrogen) atoms. The van der Waals surface area contributed by atoms with E-state index in [0.29, 0.717) is 23.7 Å². The lowest BCUT2D eigenvalue weighted by atomic mass is 10.1. The van der Waals surface area contributed by atoms with E-state index in [-0.39, 0.29) is 6.42 Å². The van der Waals surface area contributed by atoms with E-state index in [1.54, 1.807) is 12.1 Å². The van der Waals surface area contributed by atoms with Gasteiger partial charge in [0.15, 0.2) is 0 Å². The molecule has 4 nitrogen and oxygen atoms in total. The fourth-order valence-corrected chi connectivity index (χ4v) is 2.71. The number of carboxylic acid groups (broad SMARTS) is 1. The van der Waals surface area contributed by atoms with Crippen molar-refractivity contribution in [3.8, 4) is 17.2 Å². The van der Waals surface area contributed by atoms with Gasteiger partial charge in [-0.2, -0.15) is 0 Å². The average molecular weight is 349 g/mol. The summed E-state index contributed by atoms with van der Waals surface area (Å²) in [5, 5.41) is 8.99. The quantitative estimate of drug-likeness (QED) is 0.912. The minimum atomic E-state index is -0.889. The molecular formula is C16H13BrO4. The molecule has 1 heterocycles. The highest BCUT2D eigenvalue weighted by Gasteiger charge is 2.14. The van der Waals surface area contributed by atoms with Crippen molar-refractivity contribution in [2.45, 2.75) is 12.8 Å². The van der Waals surface area contributed by atoms with Gasteiger partial charge in [0.1, 0.15) is 17.2 Å². The maximum Gasteiger partial charge on any atom is 0.307 e. The van der Waals surface area contributed by atoms with Gasteiger partial charge in [-0.3, -0.25) is 4.79 Å². The second-order valence-corrected chi connectivity index (χ2v) is 5.71. The molecule has 0 unspecified atom stereocenters. The lowest BCUT2D eigenvalue weighted by Gasteiger charge is -2.11. The normalized spacial score (nSPS) is 12.6. The zero-order valence-corrected chi connectivity index (χ0v) is 12.7. The second-order valence-electron chi connectivity index (χ2n) is 4.79. The molecule has 0 saturated carbocycles. The molecule has 0 amide bonds. The van der Waals surface area contributed by atoms with Crippen molar-refractivity contribution in [1.82, 2.24) is 0 Å². The third kappa shape index (κ3) is 3.19. The highest BCUT2D eigenvalue weighted by atomic mass is 79.9. The van der Waals surface area contributed by atoms with Crippen LogP contribution in [0.5, 0.6) is 17.2 Å². The van der Waals surface area contributed by atoms with Crippen molar-refractivity contribution in [2.75, 3.05) is 6.61 Å². The molecule has 0 aliphatic carbocycles. The van der Waals surface area contributed by atoms with Crippen LogP contribution >= 0.6 is 15.9 Å². The molecule has 2 aromatic carbocycles. The topological polar surface area (TPSA) is 55.8 Å². The third-order valence-corrected chi connectivity index (χ3v) is 3.75. The van der Waals surface area contributed by atoms with Gasteiger partial charge >= 0.3 is 5.97 Å². The summed E-state index contributed by atoms with van der Waals surface area (Å²) >= 11 is 3.35. The first-order valence-electron chi connectivity index (χ1n) is 6.55. The summed E-state index contributed by atoms with van der Waals surface area (Å²) in [5.41, 5.74) is 1.75. The average Bonchev–Trinajstić information content (AvgIpc) is 2.88. The highest BCUT2D eigenvalue weighted by Crippen LogP contribution is 2.33. The first-order chi connectivity index (χ1) is 10.1. The number of benzene rings is 2. The van der Waals surface area contributed by atoms with Gasteiger partial charge in [0.25, 0.3) is 0 Å². The number of fused-ring (bicyclic) bond motifs is 1. The van der Waals surface area contributed by atoms with Crippen LogP contribution in [0.4, 0.5) is 0 Å². The molecule has 0 aromatic heterocycles. The van der Waals surface area contributed by atoms with Crippen LogP contribution in [-0.4, -0.2) is 17.7 Å². The predicted molar refractivity (Wildman–Crippen MR) is 81.2 cm³/mol. The Kier molecular flexibility index (Phi) is 3.84. The Morgan fingerprint density at radius 2 is 2.14 bits per heavy atom. The monoisotopic (exact) mass is 348 g/mol. The number of halogens is 1. The van der Waals surface area contributed by atoms with Gasteiger partial charge in [-0.1, -0.05) is 15.9 Å². The lowest BCUT2D eigenvalue weighted by Crippen LogP contribution is -2.02. The van der Waals surface area contributed by atoms with Gasteiger partial charge in [0.05, 0.1) is 13.0 Å². The number of aliphatic carboxylic acids is 1. The molecule has 2 aromatic rings. The standard InChI is InChI=1S/C16H13BrO4/c17-12-1-3-15(11(7-12)9-16(18)19)21-13-2-4-14-10(8-13)5-6-20-14/h1-4,7-8H,5-6,9H2,(H,18,19). The van der Waals surface area contributed by atoms with Crippen LogP contribution < -0.4 is 9.47 Å². The minimum Gasteiger partial charge on any atom is -0.493 e. The number of hydrogen-bond acceptors (Lipinski definition) is 3. The Balaban J connectivity index is 1.89. The largest absolute Gasteiger partial charge is 0.493 e. The Labute approximate surface area is 130 Å². The van der Waals surface area contributed by atoms with Gasteiger partial charge in [0.2, 0.25) is 0 Å². The zero-order chi connectivity index (χ0) is 14.8. The summed E-state index contributed by atoms with van der Waals surface area (Å²) in [7, 11) is 0. The summed E-state index contributed by atoms with van der Waals surface area (Å²) in [6.07, 6.45) is 0.789. The number of carbonyl (C=O) groups is 1. The fraction of sp³-hybridized carbons (Fsp3) is 0.188. The molecule has 0 spiro atoms. The molecule has 0 fully saturated rings. The molecule has 1 aliphatic heterocycles. The van der Waals surface area contributed by atoms with Crippen LogP contribution in [0.1, 0.15) is 11.1 Å². The molecule has 0 bridgehead atoms. The van der Waals surface area contributed by atoms with E-state index in [0.717, 1.165) is 22.2 Å². The van der Waals surface area contributed by atoms with Crippen molar-refractivity contribution in [2.24, 2.45) is 0 Å². The molecule has 5 heteroatoms. The van der Waals surface area contributed by atoms with Gasteiger partial charge in [0, 0.05) is 22.0 Å². The van der Waals surface area contributed by atoms with Crippen LogP contribution in [0.25, 0.3) is 0 Å². The molecule has 0 saturated heterocycles. The highest BCUT2D eigenvalue weighted by molar-refractivity contribution is 9.10. The fourth-order valence-electron chi connectivity index (χ4n) is 2.30. The first-order valence-corrected chi connectivity index (χ1v) is 7.35. The van der Waals surface area contributed by atoms with Gasteiger partial charge in [-0.25, -0.2) is 0 Å². The molecule has 0 radical (unpaired) electrons. The van der Waals surface area contributed by atoms with E-state index >= 15 is 0 Å². The Morgan fingerprint density at radius 3 is 2.95 bits per heavy atom. The maximum atomic E-state index is 11.0. The first kappa shape index (κ1) is 13.9. The van der Waals surface area contributed by atoms with E-state index in [1.807, 2.05) is 24.3 Å². The number of hydrogen-bond donors (Lipinski definition) is 1. The van der Waals surface area contributed by atoms with E-state index in [9.17, 15) is 4.79 Å². The Bertz CT molecular complexity index is 697. The summed E-state index contributed by atoms with van der Waals surface area (Å²) in [6, 6.07) is 11.0. The summed E-state index contributed by atoms with van der Waals surface area (Å²) < 4.78 is 12.1. The van der Waals surface area contributed by atoms with Crippen molar-refractivity contribution < 1.29 is 19.4 Å². The van der Waals surface area contributed by atoms with Gasteiger partial charge < -0.3 is 14.6 Å². The van der Waals surface area contributed by atoms with E-state index in [4.69, 9.17) is 14.6 Å². The number of rotatable bonds is 4. The SMILES string of the molecule is O=C(O)Cc1cc(Br)ccc1Oc1ccc2c(c1)CCO2. The summed E-state index contributed by atoms with van der Waals surface area (Å²) in [6.45, 7) is 0.696. The van der Waals surface area contributed by atoms with Crippen molar-refractivity contribution in [1.29, 1.82) is 0 Å². The number of carboxylic acids is 1. The van der Waals surface area contributed by atoms with Crippen molar-refractivity contribution >= 4 is 21.9 Å². The second kappa shape index (κ2) is 5.77. The molecule has 0 atom stereocenters. The zero-order valence-electron chi connectivity index (χ0n) is 11.1. The maximum absolute atomic E-state index is 11.0. The van der Waals surface area contributed by atoms with E-state index in [2.05, 4.69) is 15.9 Å². The lowest BCUT2D eigenvalue weighted by molar-refractivity contribution is -0.136.